The molecule has 0 atom stereocenters. The molecule has 2 aromatic rings. The van der Waals surface area contributed by atoms with Crippen molar-refractivity contribution in [2.45, 2.75) is 6.92 Å². The fourth-order valence-corrected chi connectivity index (χ4v) is 2.04. The zero-order valence-electron chi connectivity index (χ0n) is 11.2. The Balaban J connectivity index is 2.07. The number of aryl methyl sites for hydroxylation is 1. The Labute approximate surface area is 132 Å². The number of amides is 1. The molecule has 0 aliphatic rings. The van der Waals surface area contributed by atoms with Crippen molar-refractivity contribution < 1.29 is 9.18 Å². The van der Waals surface area contributed by atoms with Crippen molar-refractivity contribution in [2.75, 3.05) is 5.32 Å². The number of halogens is 3. The maximum absolute atomic E-state index is 13.0. The molecule has 2 rings (SSSR count). The van der Waals surface area contributed by atoms with Crippen molar-refractivity contribution in [3.8, 4) is 0 Å². The molecular weight excluding hydrogens is 312 g/mol. The van der Waals surface area contributed by atoms with Gasteiger partial charge in [-0.3, -0.25) is 4.79 Å². The van der Waals surface area contributed by atoms with Crippen LogP contribution in [0.1, 0.15) is 11.1 Å². The summed E-state index contributed by atoms with van der Waals surface area (Å²) in [6.45, 7) is 1.72. The highest BCUT2D eigenvalue weighted by Crippen LogP contribution is 2.23. The first-order chi connectivity index (χ1) is 9.95. The maximum atomic E-state index is 13.0. The summed E-state index contributed by atoms with van der Waals surface area (Å²) in [7, 11) is 0. The average Bonchev–Trinajstić information content (AvgIpc) is 2.43. The lowest BCUT2D eigenvalue weighted by atomic mass is 10.2. The van der Waals surface area contributed by atoms with Crippen LogP contribution in [0.25, 0.3) is 6.08 Å². The molecule has 1 N–H and O–H groups in total. The van der Waals surface area contributed by atoms with Gasteiger partial charge in [0.1, 0.15) is 5.82 Å². The molecule has 5 heteroatoms. The Hall–Kier alpha value is -1.84. The van der Waals surface area contributed by atoms with Gasteiger partial charge in [-0.2, -0.15) is 0 Å². The molecule has 0 aliphatic carbocycles. The molecule has 0 unspecified atom stereocenters. The largest absolute Gasteiger partial charge is 0.322 e. The Morgan fingerprint density at radius 1 is 1.14 bits per heavy atom. The summed E-state index contributed by atoms with van der Waals surface area (Å²) in [6, 6.07) is 9.25. The van der Waals surface area contributed by atoms with Gasteiger partial charge in [-0.25, -0.2) is 4.39 Å². The molecule has 0 saturated carbocycles. The monoisotopic (exact) mass is 323 g/mol. The Morgan fingerprint density at radius 2 is 1.90 bits per heavy atom. The molecule has 0 spiro atoms. The van der Waals surface area contributed by atoms with Crippen molar-refractivity contribution in [1.29, 1.82) is 0 Å². The van der Waals surface area contributed by atoms with E-state index in [9.17, 15) is 9.18 Å². The Kier molecular flexibility index (Phi) is 4.99. The summed E-state index contributed by atoms with van der Waals surface area (Å²) in [5.74, 6) is -0.646. The van der Waals surface area contributed by atoms with Gasteiger partial charge in [-0.05, 0) is 54.5 Å². The second-order valence-electron chi connectivity index (χ2n) is 4.46. The second-order valence-corrected chi connectivity index (χ2v) is 5.27. The zero-order chi connectivity index (χ0) is 15.4. The molecule has 2 nitrogen and oxygen atoms in total. The van der Waals surface area contributed by atoms with Gasteiger partial charge >= 0.3 is 0 Å². The van der Waals surface area contributed by atoms with E-state index < -0.39 is 0 Å². The van der Waals surface area contributed by atoms with Crippen molar-refractivity contribution in [1.82, 2.24) is 0 Å². The normalized spacial score (nSPS) is 10.9. The third-order valence-electron chi connectivity index (χ3n) is 2.82. The summed E-state index contributed by atoms with van der Waals surface area (Å²) >= 11 is 11.7. The first-order valence-electron chi connectivity index (χ1n) is 6.16. The zero-order valence-corrected chi connectivity index (χ0v) is 12.7. The van der Waals surface area contributed by atoms with E-state index in [0.29, 0.717) is 21.3 Å². The van der Waals surface area contributed by atoms with Crippen LogP contribution in [0.2, 0.25) is 10.0 Å². The number of benzene rings is 2. The summed E-state index contributed by atoms with van der Waals surface area (Å²) in [5.41, 5.74) is 1.99. The van der Waals surface area contributed by atoms with Crippen LogP contribution in [0.3, 0.4) is 0 Å². The molecule has 0 radical (unpaired) electrons. The first kappa shape index (κ1) is 15.5. The number of nitrogens with one attached hydrogen (secondary N) is 1. The van der Waals surface area contributed by atoms with E-state index in [-0.39, 0.29) is 11.7 Å². The lowest BCUT2D eigenvalue weighted by Crippen LogP contribution is -2.09. The van der Waals surface area contributed by atoms with E-state index in [1.54, 1.807) is 31.2 Å². The van der Waals surface area contributed by atoms with Crippen LogP contribution in [0.5, 0.6) is 0 Å². The SMILES string of the molecule is Cc1cc(F)ccc1NC(=O)/C=C/c1ccc(Cl)c(Cl)c1. The van der Waals surface area contributed by atoms with Crippen LogP contribution in [0, 0.1) is 12.7 Å². The van der Waals surface area contributed by atoms with Crippen LogP contribution >= 0.6 is 23.2 Å². The number of carbonyl (C=O) groups excluding carboxylic acids is 1. The molecular formula is C16H12Cl2FNO. The van der Waals surface area contributed by atoms with Crippen LogP contribution < -0.4 is 5.32 Å². The van der Waals surface area contributed by atoms with Gasteiger partial charge in [-0.15, -0.1) is 0 Å². The van der Waals surface area contributed by atoms with Crippen LogP contribution in [-0.4, -0.2) is 5.91 Å². The van der Waals surface area contributed by atoms with Crippen LogP contribution in [-0.2, 0) is 4.79 Å². The predicted octanol–water partition coefficient (Wildman–Crippen LogP) is 5.09. The third-order valence-corrected chi connectivity index (χ3v) is 3.56. The smallest absolute Gasteiger partial charge is 0.248 e. The van der Waals surface area contributed by atoms with E-state index in [1.807, 2.05) is 0 Å². The van der Waals surface area contributed by atoms with E-state index in [1.165, 1.54) is 24.3 Å². The maximum Gasteiger partial charge on any atom is 0.248 e. The fourth-order valence-electron chi connectivity index (χ4n) is 1.73. The number of hydrogen-bond acceptors (Lipinski definition) is 1. The van der Waals surface area contributed by atoms with E-state index >= 15 is 0 Å². The highest BCUT2D eigenvalue weighted by atomic mass is 35.5. The molecule has 0 heterocycles. The lowest BCUT2D eigenvalue weighted by Gasteiger charge is -2.06. The standard InChI is InChI=1S/C16H12Cl2FNO/c1-10-8-12(19)4-6-15(10)20-16(21)7-3-11-2-5-13(17)14(18)9-11/h2-9H,1H3,(H,20,21)/b7-3+. The van der Waals surface area contributed by atoms with Gasteiger partial charge in [0.15, 0.2) is 0 Å². The average molecular weight is 324 g/mol. The van der Waals surface area contributed by atoms with Gasteiger partial charge in [0.2, 0.25) is 5.91 Å². The quantitative estimate of drug-likeness (QED) is 0.783. The highest BCUT2D eigenvalue weighted by molar-refractivity contribution is 6.42. The van der Waals surface area contributed by atoms with Crippen molar-refractivity contribution in [3.05, 3.63) is 69.5 Å². The Morgan fingerprint density at radius 3 is 2.57 bits per heavy atom. The summed E-state index contributed by atoms with van der Waals surface area (Å²) in [5, 5.41) is 3.57. The summed E-state index contributed by atoms with van der Waals surface area (Å²) in [4.78, 5) is 11.8. The number of carbonyl (C=O) groups is 1. The van der Waals surface area contributed by atoms with Gasteiger partial charge in [0.25, 0.3) is 0 Å². The van der Waals surface area contributed by atoms with Crippen molar-refractivity contribution in [2.24, 2.45) is 0 Å². The molecule has 108 valence electrons. The van der Waals surface area contributed by atoms with Crippen LogP contribution in [0.15, 0.2) is 42.5 Å². The van der Waals surface area contributed by atoms with Crippen molar-refractivity contribution >= 4 is 40.9 Å². The van der Waals surface area contributed by atoms with E-state index in [4.69, 9.17) is 23.2 Å². The molecule has 2 aromatic carbocycles. The Bertz CT molecular complexity index is 713. The second kappa shape index (κ2) is 6.74. The lowest BCUT2D eigenvalue weighted by molar-refractivity contribution is -0.111. The third kappa shape index (κ3) is 4.31. The molecule has 0 fully saturated rings. The topological polar surface area (TPSA) is 29.1 Å². The van der Waals surface area contributed by atoms with E-state index in [2.05, 4.69) is 5.32 Å². The minimum absolute atomic E-state index is 0.309. The van der Waals surface area contributed by atoms with Crippen molar-refractivity contribution in [3.63, 3.8) is 0 Å². The first-order valence-corrected chi connectivity index (χ1v) is 6.91. The molecule has 1 amide bonds. The molecule has 0 saturated heterocycles. The highest BCUT2D eigenvalue weighted by Gasteiger charge is 2.03. The number of anilines is 1. The summed E-state index contributed by atoms with van der Waals surface area (Å²) < 4.78 is 13.0. The fraction of sp³-hybridized carbons (Fsp3) is 0.0625. The number of rotatable bonds is 3. The van der Waals surface area contributed by atoms with Gasteiger partial charge < -0.3 is 5.32 Å². The minimum Gasteiger partial charge on any atom is -0.322 e. The molecule has 21 heavy (non-hydrogen) atoms. The molecule has 0 bridgehead atoms. The van der Waals surface area contributed by atoms with Crippen LogP contribution in [0.4, 0.5) is 10.1 Å². The van der Waals surface area contributed by atoms with E-state index in [0.717, 1.165) is 5.56 Å². The minimum atomic E-state index is -0.336. The van der Waals surface area contributed by atoms with Gasteiger partial charge in [0.05, 0.1) is 10.0 Å². The number of hydrogen-bond donors (Lipinski definition) is 1. The van der Waals surface area contributed by atoms with Gasteiger partial charge in [0, 0.05) is 11.8 Å². The predicted molar refractivity (Wildman–Crippen MR) is 85.3 cm³/mol. The van der Waals surface area contributed by atoms with Gasteiger partial charge in [-0.1, -0.05) is 29.3 Å². The molecule has 0 aliphatic heterocycles. The summed E-state index contributed by atoms with van der Waals surface area (Å²) in [6.07, 6.45) is 3.00. The molecule has 0 aromatic heterocycles.